The quantitative estimate of drug-likeness (QED) is 0.356. The van der Waals surface area contributed by atoms with Crippen LogP contribution in [0.2, 0.25) is 0 Å². The van der Waals surface area contributed by atoms with Gasteiger partial charge in [0.1, 0.15) is 8.83 Å². The standard InChI is InChI=1S/C2H5ClSi.H2S/c1-2-4-3;/h2H,1,4H2;1H2. The third-order valence-electron chi connectivity index (χ3n) is 0.109. The van der Waals surface area contributed by atoms with Crippen LogP contribution in [-0.4, -0.2) is 8.83 Å². The first-order chi connectivity index (χ1) is 1.91. The largest absolute Gasteiger partial charge is 0.197 e. The lowest BCUT2D eigenvalue weighted by Crippen LogP contribution is -1.54. The monoisotopic (exact) mass is 126 g/mol. The zero-order chi connectivity index (χ0) is 3.41. The molecule has 0 fully saturated rings. The van der Waals surface area contributed by atoms with Crippen molar-refractivity contribution in [3.8, 4) is 0 Å². The maximum atomic E-state index is 5.21. The van der Waals surface area contributed by atoms with Gasteiger partial charge in [-0.1, -0.05) is 5.70 Å². The minimum absolute atomic E-state index is 0. The summed E-state index contributed by atoms with van der Waals surface area (Å²) in [5, 5.41) is 0. The number of halogens is 1. The Hall–Kier alpha value is 0.597. The van der Waals surface area contributed by atoms with E-state index in [1.54, 1.807) is 5.70 Å². The van der Waals surface area contributed by atoms with Gasteiger partial charge in [0.2, 0.25) is 0 Å². The maximum Gasteiger partial charge on any atom is 0.148 e. The van der Waals surface area contributed by atoms with Gasteiger partial charge in [-0.05, 0) is 0 Å². The zero-order valence-corrected chi connectivity index (χ0v) is 6.04. The molecule has 0 aliphatic carbocycles. The van der Waals surface area contributed by atoms with Crippen LogP contribution in [0, 0.1) is 0 Å². The molecule has 0 aliphatic heterocycles. The highest BCUT2D eigenvalue weighted by Gasteiger charge is 1.51. The van der Waals surface area contributed by atoms with Crippen molar-refractivity contribution in [2.75, 3.05) is 0 Å². The highest BCUT2D eigenvalue weighted by molar-refractivity contribution is 7.59. The summed E-state index contributed by atoms with van der Waals surface area (Å²) >= 11 is 5.21. The Bertz CT molecular complexity index is 23.6. The molecule has 0 spiro atoms. The van der Waals surface area contributed by atoms with E-state index in [4.69, 9.17) is 11.1 Å². The number of hydrogen-bond donors (Lipinski definition) is 0. The van der Waals surface area contributed by atoms with E-state index in [9.17, 15) is 0 Å². The van der Waals surface area contributed by atoms with Crippen LogP contribution in [0.15, 0.2) is 12.3 Å². The molecule has 0 radical (unpaired) electrons. The normalized spacial score (nSPS) is 7.40. The van der Waals surface area contributed by atoms with E-state index in [2.05, 4.69) is 6.58 Å². The van der Waals surface area contributed by atoms with E-state index in [-0.39, 0.29) is 22.3 Å². The predicted molar refractivity (Wildman–Crippen MR) is 35.0 cm³/mol. The van der Waals surface area contributed by atoms with Crippen molar-refractivity contribution in [2.45, 2.75) is 0 Å². The van der Waals surface area contributed by atoms with E-state index in [0.29, 0.717) is 0 Å². The minimum Gasteiger partial charge on any atom is -0.197 e. The van der Waals surface area contributed by atoms with Gasteiger partial charge in [-0.25, -0.2) is 0 Å². The molecule has 32 valence electrons. The molecule has 0 aromatic heterocycles. The molecule has 0 unspecified atom stereocenters. The SMILES string of the molecule is C=C[SiH2]Cl.S. The van der Waals surface area contributed by atoms with Crippen LogP contribution >= 0.6 is 24.6 Å². The van der Waals surface area contributed by atoms with Gasteiger partial charge in [-0.3, -0.25) is 0 Å². The third kappa shape index (κ3) is 12.2. The molecule has 0 saturated carbocycles. The first kappa shape index (κ1) is 9.14. The summed E-state index contributed by atoms with van der Waals surface area (Å²) in [7, 11) is -0.340. The lowest BCUT2D eigenvalue weighted by atomic mass is 11.3. The van der Waals surface area contributed by atoms with Crippen LogP contribution in [0.3, 0.4) is 0 Å². The summed E-state index contributed by atoms with van der Waals surface area (Å²) in [5.41, 5.74) is 1.78. The highest BCUT2D eigenvalue weighted by Crippen LogP contribution is 1.61. The molecule has 0 bridgehead atoms. The van der Waals surface area contributed by atoms with Gasteiger partial charge in [0, 0.05) is 0 Å². The fraction of sp³-hybridized carbons (Fsp3) is 0. The summed E-state index contributed by atoms with van der Waals surface area (Å²) in [6.45, 7) is 3.41. The Balaban J connectivity index is 0. The summed E-state index contributed by atoms with van der Waals surface area (Å²) in [4.78, 5) is 0. The molecule has 0 heterocycles. The molecule has 0 amide bonds. The second kappa shape index (κ2) is 8.82. The Labute approximate surface area is 46.2 Å². The van der Waals surface area contributed by atoms with Crippen LogP contribution in [-0.2, 0) is 0 Å². The van der Waals surface area contributed by atoms with E-state index >= 15 is 0 Å². The summed E-state index contributed by atoms with van der Waals surface area (Å²) < 4.78 is 0. The van der Waals surface area contributed by atoms with Crippen molar-refractivity contribution < 1.29 is 0 Å². The van der Waals surface area contributed by atoms with Crippen molar-refractivity contribution in [1.29, 1.82) is 0 Å². The van der Waals surface area contributed by atoms with Crippen molar-refractivity contribution in [3.05, 3.63) is 12.3 Å². The topological polar surface area (TPSA) is 0 Å². The van der Waals surface area contributed by atoms with E-state index in [0.717, 1.165) is 0 Å². The van der Waals surface area contributed by atoms with Gasteiger partial charge in [0.05, 0.1) is 0 Å². The lowest BCUT2D eigenvalue weighted by Gasteiger charge is -1.52. The molecule has 0 aliphatic rings. The molecule has 0 aromatic carbocycles. The maximum absolute atomic E-state index is 5.21. The smallest absolute Gasteiger partial charge is 0.148 e. The van der Waals surface area contributed by atoms with Crippen molar-refractivity contribution in [2.24, 2.45) is 0 Å². The molecule has 0 saturated heterocycles. The van der Waals surface area contributed by atoms with Gasteiger partial charge in [0.25, 0.3) is 0 Å². The molecule has 5 heavy (non-hydrogen) atoms. The summed E-state index contributed by atoms with van der Waals surface area (Å²) in [6.07, 6.45) is 0. The number of rotatable bonds is 1. The molecular formula is C2H7ClSSi. The second-order valence-corrected chi connectivity index (χ2v) is 2.25. The molecule has 0 N–H and O–H groups in total. The van der Waals surface area contributed by atoms with Gasteiger partial charge >= 0.3 is 0 Å². The molecule has 0 atom stereocenters. The molecule has 0 aromatic rings. The predicted octanol–water partition coefficient (Wildman–Crippen LogP) is 0.565. The average Bonchev–Trinajstić information content (AvgIpc) is 1.37. The van der Waals surface area contributed by atoms with Crippen LogP contribution in [0.5, 0.6) is 0 Å². The van der Waals surface area contributed by atoms with Gasteiger partial charge < -0.3 is 0 Å². The molecular weight excluding hydrogens is 120 g/mol. The van der Waals surface area contributed by atoms with Gasteiger partial charge in [-0.15, -0.1) is 6.58 Å². The second-order valence-electron chi connectivity index (χ2n) is 0.443. The van der Waals surface area contributed by atoms with Crippen LogP contribution < -0.4 is 0 Å². The van der Waals surface area contributed by atoms with E-state index in [1.807, 2.05) is 0 Å². The van der Waals surface area contributed by atoms with Gasteiger partial charge in [0.15, 0.2) is 0 Å². The van der Waals surface area contributed by atoms with Gasteiger partial charge in [-0.2, -0.15) is 24.6 Å². The Morgan fingerprint density at radius 1 is 1.80 bits per heavy atom. The zero-order valence-electron chi connectivity index (χ0n) is 2.87. The third-order valence-corrected chi connectivity index (χ3v) is 0.982. The van der Waals surface area contributed by atoms with Crippen molar-refractivity contribution in [3.63, 3.8) is 0 Å². The van der Waals surface area contributed by atoms with E-state index in [1.165, 1.54) is 0 Å². The fourth-order valence-electron chi connectivity index (χ4n) is 0. The Morgan fingerprint density at radius 2 is 2.00 bits per heavy atom. The van der Waals surface area contributed by atoms with E-state index < -0.39 is 0 Å². The van der Waals surface area contributed by atoms with Crippen LogP contribution in [0.1, 0.15) is 0 Å². The van der Waals surface area contributed by atoms with Crippen molar-refractivity contribution in [1.82, 2.24) is 0 Å². The van der Waals surface area contributed by atoms with Crippen LogP contribution in [0.4, 0.5) is 0 Å². The first-order valence-corrected chi connectivity index (χ1v) is 4.04. The van der Waals surface area contributed by atoms with Crippen LogP contribution in [0.25, 0.3) is 0 Å². The molecule has 0 nitrogen and oxygen atoms in total. The highest BCUT2D eigenvalue weighted by atomic mass is 35.6. The first-order valence-electron chi connectivity index (χ1n) is 1.08. The molecule has 3 heteroatoms. The van der Waals surface area contributed by atoms with Crippen molar-refractivity contribution >= 4 is 33.4 Å². The minimum atomic E-state index is -0.340. The summed E-state index contributed by atoms with van der Waals surface area (Å²) in [5.74, 6) is 0. The average molecular weight is 127 g/mol. The molecule has 0 rings (SSSR count). The Kier molecular flexibility index (Phi) is 16.1. The Morgan fingerprint density at radius 3 is 2.00 bits per heavy atom. The number of hydrogen-bond acceptors (Lipinski definition) is 0. The fourth-order valence-corrected chi connectivity index (χ4v) is 0. The lowest BCUT2D eigenvalue weighted by molar-refractivity contribution is 2.61. The summed E-state index contributed by atoms with van der Waals surface area (Å²) in [6, 6.07) is 0.